The lowest BCUT2D eigenvalue weighted by Gasteiger charge is -2.24. The Morgan fingerprint density at radius 3 is 3.10 bits per heavy atom. The second-order valence-electron chi connectivity index (χ2n) is 7.08. The van der Waals surface area contributed by atoms with E-state index in [9.17, 15) is 4.79 Å². The minimum Gasteiger partial charge on any atom is -0.342 e. The summed E-state index contributed by atoms with van der Waals surface area (Å²) in [5, 5.41) is 10.4. The van der Waals surface area contributed by atoms with Crippen molar-refractivity contribution in [2.24, 2.45) is 11.3 Å². The van der Waals surface area contributed by atoms with Crippen molar-refractivity contribution in [1.29, 1.82) is 0 Å². The fourth-order valence-electron chi connectivity index (χ4n) is 4.10. The van der Waals surface area contributed by atoms with Gasteiger partial charge < -0.3 is 4.90 Å². The van der Waals surface area contributed by atoms with E-state index in [1.807, 2.05) is 0 Å². The molecule has 2 heterocycles. The van der Waals surface area contributed by atoms with Crippen LogP contribution in [0.25, 0.3) is 0 Å². The molecule has 3 rings (SSSR count). The predicted octanol–water partition coefficient (Wildman–Crippen LogP) is 2.56. The predicted molar refractivity (Wildman–Crippen MR) is 80.6 cm³/mol. The van der Waals surface area contributed by atoms with E-state index in [0.29, 0.717) is 17.7 Å². The summed E-state index contributed by atoms with van der Waals surface area (Å²) < 4.78 is 0. The molecule has 2 fully saturated rings. The van der Waals surface area contributed by atoms with Gasteiger partial charge in [-0.3, -0.25) is 4.79 Å². The second-order valence-corrected chi connectivity index (χ2v) is 7.08. The molecule has 2 aliphatic rings. The van der Waals surface area contributed by atoms with Crippen LogP contribution in [0.2, 0.25) is 0 Å². The van der Waals surface area contributed by atoms with Crippen molar-refractivity contribution in [3.63, 3.8) is 0 Å². The van der Waals surface area contributed by atoms with Crippen LogP contribution in [0.4, 0.5) is 0 Å². The number of nitrogens with zero attached hydrogens (tertiary/aromatic N) is 3. The highest BCUT2D eigenvalue weighted by atomic mass is 16.2. The number of aryl methyl sites for hydroxylation is 1. The minimum absolute atomic E-state index is 0.353. The van der Waals surface area contributed by atoms with Gasteiger partial charge in [-0.05, 0) is 49.9 Å². The maximum Gasteiger partial charge on any atom is 0.222 e. The van der Waals surface area contributed by atoms with Crippen molar-refractivity contribution in [3.8, 4) is 0 Å². The lowest BCUT2D eigenvalue weighted by molar-refractivity contribution is -0.130. The number of carbonyl (C=O) groups excluding carboxylic acids is 1. The van der Waals surface area contributed by atoms with Crippen LogP contribution in [0.15, 0.2) is 6.20 Å². The Kier molecular flexibility index (Phi) is 4.27. The lowest BCUT2D eigenvalue weighted by Crippen LogP contribution is -2.31. The summed E-state index contributed by atoms with van der Waals surface area (Å²) >= 11 is 0. The number of amides is 1. The summed E-state index contributed by atoms with van der Waals surface area (Å²) in [7, 11) is 0. The molecule has 5 heteroatoms. The first-order valence-electron chi connectivity index (χ1n) is 8.29. The van der Waals surface area contributed by atoms with Gasteiger partial charge in [-0.25, -0.2) is 0 Å². The van der Waals surface area contributed by atoms with Crippen molar-refractivity contribution >= 4 is 5.91 Å². The number of likely N-dealkylation sites (tertiary alicyclic amines) is 1. The standard InChI is InChI=1S/C16H26N4O/c1-13-6-7-16(10-13)8-9-20(12-16)15(21)5-3-2-4-14-11-17-19-18-14/h11,13H,2-10,12H2,1H3,(H,17,18,19)/t13-,16+/m0/s1. The molecule has 1 saturated carbocycles. The van der Waals surface area contributed by atoms with Gasteiger partial charge in [0.15, 0.2) is 0 Å². The Hall–Kier alpha value is -1.39. The normalized spacial score (nSPS) is 28.6. The summed E-state index contributed by atoms with van der Waals surface area (Å²) in [5.74, 6) is 1.20. The first-order chi connectivity index (χ1) is 10.2. The van der Waals surface area contributed by atoms with Crippen molar-refractivity contribution in [1.82, 2.24) is 20.3 Å². The molecule has 21 heavy (non-hydrogen) atoms. The zero-order valence-electron chi connectivity index (χ0n) is 13.0. The number of nitrogens with one attached hydrogen (secondary N) is 1. The van der Waals surface area contributed by atoms with E-state index in [1.54, 1.807) is 6.20 Å². The smallest absolute Gasteiger partial charge is 0.222 e. The van der Waals surface area contributed by atoms with Gasteiger partial charge in [0, 0.05) is 19.5 Å². The summed E-state index contributed by atoms with van der Waals surface area (Å²) in [5.41, 5.74) is 1.46. The lowest BCUT2D eigenvalue weighted by atomic mass is 9.85. The molecule has 1 aromatic heterocycles. The van der Waals surface area contributed by atoms with Crippen LogP contribution in [0, 0.1) is 11.3 Å². The average Bonchev–Trinajstić information content (AvgIpc) is 3.18. The van der Waals surface area contributed by atoms with Crippen LogP contribution in [0.5, 0.6) is 0 Å². The molecule has 2 atom stereocenters. The largest absolute Gasteiger partial charge is 0.342 e. The molecular formula is C16H26N4O. The number of hydrogen-bond donors (Lipinski definition) is 1. The van der Waals surface area contributed by atoms with E-state index >= 15 is 0 Å². The molecular weight excluding hydrogens is 264 g/mol. The number of H-pyrrole nitrogens is 1. The Morgan fingerprint density at radius 2 is 2.38 bits per heavy atom. The van der Waals surface area contributed by atoms with Crippen LogP contribution in [0.3, 0.4) is 0 Å². The molecule has 0 unspecified atom stereocenters. The van der Waals surface area contributed by atoms with Crippen molar-refractivity contribution < 1.29 is 4.79 Å². The first-order valence-corrected chi connectivity index (χ1v) is 8.29. The Morgan fingerprint density at radius 1 is 1.48 bits per heavy atom. The SMILES string of the molecule is C[C@H]1CC[C@@]2(CCN(C(=O)CCCCc3cn[nH]n3)C2)C1. The summed E-state index contributed by atoms with van der Waals surface area (Å²) in [4.78, 5) is 14.4. The number of aromatic amines is 1. The third-order valence-electron chi connectivity index (χ3n) is 5.28. The van der Waals surface area contributed by atoms with E-state index < -0.39 is 0 Å². The number of rotatable bonds is 5. The van der Waals surface area contributed by atoms with Gasteiger partial charge in [0.2, 0.25) is 5.91 Å². The molecule has 1 amide bonds. The average molecular weight is 290 g/mol. The molecule has 0 bridgehead atoms. The van der Waals surface area contributed by atoms with Crippen LogP contribution < -0.4 is 0 Å². The molecule has 0 aromatic carbocycles. The van der Waals surface area contributed by atoms with Crippen LogP contribution in [-0.2, 0) is 11.2 Å². The van der Waals surface area contributed by atoms with E-state index in [1.165, 1.54) is 25.7 Å². The molecule has 5 nitrogen and oxygen atoms in total. The quantitative estimate of drug-likeness (QED) is 0.848. The molecule has 1 aliphatic heterocycles. The third kappa shape index (κ3) is 3.44. The van der Waals surface area contributed by atoms with E-state index in [-0.39, 0.29) is 0 Å². The third-order valence-corrected chi connectivity index (χ3v) is 5.28. The second kappa shape index (κ2) is 6.16. The molecule has 0 radical (unpaired) electrons. The van der Waals surface area contributed by atoms with Gasteiger partial charge in [0.05, 0.1) is 11.9 Å². The van der Waals surface area contributed by atoms with Gasteiger partial charge in [-0.1, -0.05) is 13.3 Å². The fraction of sp³-hybridized carbons (Fsp3) is 0.812. The maximum atomic E-state index is 12.3. The Labute approximate surface area is 126 Å². The van der Waals surface area contributed by atoms with Gasteiger partial charge in [0.25, 0.3) is 0 Å². The number of aromatic nitrogens is 3. The van der Waals surface area contributed by atoms with Gasteiger partial charge in [-0.15, -0.1) is 0 Å². The summed E-state index contributed by atoms with van der Waals surface area (Å²) in [6.07, 6.45) is 10.5. The monoisotopic (exact) mass is 290 g/mol. The highest BCUT2D eigenvalue weighted by molar-refractivity contribution is 5.76. The maximum absolute atomic E-state index is 12.3. The molecule has 1 aromatic rings. The Bertz CT molecular complexity index is 473. The zero-order chi connectivity index (χ0) is 14.7. The van der Waals surface area contributed by atoms with Gasteiger partial charge >= 0.3 is 0 Å². The first kappa shape index (κ1) is 14.5. The fourth-order valence-corrected chi connectivity index (χ4v) is 4.10. The molecule has 116 valence electrons. The van der Waals surface area contributed by atoms with Crippen LogP contribution in [0.1, 0.15) is 57.6 Å². The number of carbonyl (C=O) groups is 1. The van der Waals surface area contributed by atoms with Gasteiger partial charge in [0.1, 0.15) is 0 Å². The molecule has 1 saturated heterocycles. The highest BCUT2D eigenvalue weighted by Crippen LogP contribution is 2.47. The highest BCUT2D eigenvalue weighted by Gasteiger charge is 2.43. The van der Waals surface area contributed by atoms with Crippen molar-refractivity contribution in [3.05, 3.63) is 11.9 Å². The van der Waals surface area contributed by atoms with Crippen molar-refractivity contribution in [2.75, 3.05) is 13.1 Å². The van der Waals surface area contributed by atoms with Crippen LogP contribution in [-0.4, -0.2) is 39.3 Å². The van der Waals surface area contributed by atoms with Crippen molar-refractivity contribution in [2.45, 2.75) is 58.3 Å². The summed E-state index contributed by atoms with van der Waals surface area (Å²) in [6.45, 7) is 4.34. The van der Waals surface area contributed by atoms with Gasteiger partial charge in [-0.2, -0.15) is 15.4 Å². The minimum atomic E-state index is 0.353. The zero-order valence-corrected chi connectivity index (χ0v) is 13.0. The van der Waals surface area contributed by atoms with E-state index in [2.05, 4.69) is 27.2 Å². The molecule has 1 N–H and O–H groups in total. The molecule has 1 spiro atoms. The Balaban J connectivity index is 1.38. The van der Waals surface area contributed by atoms with E-state index in [0.717, 1.165) is 44.0 Å². The number of unbranched alkanes of at least 4 members (excludes halogenated alkanes) is 1. The number of hydrogen-bond acceptors (Lipinski definition) is 3. The molecule has 1 aliphatic carbocycles. The van der Waals surface area contributed by atoms with Crippen LogP contribution >= 0.6 is 0 Å². The van der Waals surface area contributed by atoms with E-state index in [4.69, 9.17) is 0 Å². The summed E-state index contributed by atoms with van der Waals surface area (Å²) in [6, 6.07) is 0. The topological polar surface area (TPSA) is 61.9 Å².